The van der Waals surface area contributed by atoms with E-state index in [9.17, 15) is 13.2 Å². The Balaban J connectivity index is 2.94. The van der Waals surface area contributed by atoms with E-state index in [1.54, 1.807) is 0 Å². The van der Waals surface area contributed by atoms with Crippen molar-refractivity contribution in [1.29, 1.82) is 0 Å². The Morgan fingerprint density at radius 1 is 1.24 bits per heavy atom. The van der Waals surface area contributed by atoms with Gasteiger partial charge < -0.3 is 9.47 Å². The molecule has 9 heteroatoms. The molecule has 0 unspecified atom stereocenters. The zero-order valence-corrected chi connectivity index (χ0v) is 14.3. The quantitative estimate of drug-likeness (QED) is 0.432. The van der Waals surface area contributed by atoms with Gasteiger partial charge >= 0.3 is 5.97 Å². The highest BCUT2D eigenvalue weighted by molar-refractivity contribution is 8.13. The fourth-order valence-corrected chi connectivity index (χ4v) is 3.28. The van der Waals surface area contributed by atoms with Crippen LogP contribution in [0.15, 0.2) is 17.0 Å². The molecule has 0 aliphatic heterocycles. The number of hydrogen-bond acceptors (Lipinski definition) is 5. The molecule has 1 aromatic rings. The van der Waals surface area contributed by atoms with Gasteiger partial charge in [-0.3, -0.25) is 0 Å². The minimum atomic E-state index is -4.09. The molecule has 0 bridgehead atoms. The zero-order chi connectivity index (χ0) is 16.2. The topological polar surface area (TPSA) is 69.7 Å². The number of carbonyl (C=O) groups excluding carboxylic acids is 1. The summed E-state index contributed by atoms with van der Waals surface area (Å²) in [5.41, 5.74) is -0.246. The van der Waals surface area contributed by atoms with Gasteiger partial charge in [-0.2, -0.15) is 0 Å². The summed E-state index contributed by atoms with van der Waals surface area (Å²) in [5.74, 6) is -0.848. The van der Waals surface area contributed by atoms with Crippen molar-refractivity contribution in [3.8, 4) is 0 Å². The number of esters is 1. The van der Waals surface area contributed by atoms with E-state index in [-0.39, 0.29) is 34.9 Å². The molecule has 21 heavy (non-hydrogen) atoms. The maximum Gasteiger partial charge on any atom is 0.341 e. The van der Waals surface area contributed by atoms with Crippen LogP contribution in [-0.2, 0) is 18.5 Å². The summed E-state index contributed by atoms with van der Waals surface area (Å²) in [6.45, 7) is 3.86. The molecule has 5 nitrogen and oxygen atoms in total. The number of halogens is 3. The second-order valence-electron chi connectivity index (χ2n) is 4.23. The molecular weight excluding hydrogens is 363 g/mol. The molecule has 0 aliphatic rings. The highest BCUT2D eigenvalue weighted by Crippen LogP contribution is 2.33. The lowest BCUT2D eigenvalue weighted by atomic mass is 10.2. The normalized spacial score (nSPS) is 11.7. The van der Waals surface area contributed by atoms with Crippen LogP contribution in [0.4, 0.5) is 0 Å². The molecule has 0 saturated carbocycles. The molecule has 0 radical (unpaired) electrons. The Hall–Kier alpha value is -0.530. The number of ether oxygens (including phenoxy) is 2. The third-order valence-electron chi connectivity index (χ3n) is 2.29. The predicted molar refractivity (Wildman–Crippen MR) is 80.9 cm³/mol. The van der Waals surface area contributed by atoms with Crippen LogP contribution in [0.5, 0.6) is 0 Å². The first kappa shape index (κ1) is 18.5. The van der Waals surface area contributed by atoms with Gasteiger partial charge in [0.1, 0.15) is 11.5 Å². The van der Waals surface area contributed by atoms with Crippen LogP contribution in [0.2, 0.25) is 10.0 Å². The van der Waals surface area contributed by atoms with Crippen LogP contribution in [0.25, 0.3) is 0 Å². The maximum absolute atomic E-state index is 11.9. The summed E-state index contributed by atoms with van der Waals surface area (Å²) in [5, 5.41) is -0.397. The van der Waals surface area contributed by atoms with E-state index in [1.807, 2.05) is 13.8 Å². The van der Waals surface area contributed by atoms with Crippen LogP contribution in [0, 0.1) is 0 Å². The molecule has 0 saturated heterocycles. The van der Waals surface area contributed by atoms with Crippen LogP contribution < -0.4 is 0 Å². The molecule has 0 amide bonds. The standard InChI is InChI=1S/C12H13Cl3O5S/c1-7(2)19-5-6-20-12(16)10-8(13)3-4-9(11(10)14)21(15,17)18/h3-4,7H,5-6H2,1-2H3. The first-order valence-corrected chi connectivity index (χ1v) is 8.92. The fourth-order valence-electron chi connectivity index (χ4n) is 1.40. The Morgan fingerprint density at radius 3 is 2.38 bits per heavy atom. The lowest BCUT2D eigenvalue weighted by Crippen LogP contribution is -2.14. The van der Waals surface area contributed by atoms with E-state index in [0.29, 0.717) is 0 Å². The van der Waals surface area contributed by atoms with Crippen molar-refractivity contribution < 1.29 is 22.7 Å². The van der Waals surface area contributed by atoms with Crippen LogP contribution in [0.1, 0.15) is 24.2 Å². The Labute approximate surface area is 137 Å². The van der Waals surface area contributed by atoms with Crippen LogP contribution in [-0.4, -0.2) is 33.7 Å². The van der Waals surface area contributed by atoms with Gasteiger partial charge in [0.15, 0.2) is 0 Å². The van der Waals surface area contributed by atoms with Gasteiger partial charge in [0.25, 0.3) is 9.05 Å². The lowest BCUT2D eigenvalue weighted by molar-refractivity contribution is 0.0177. The van der Waals surface area contributed by atoms with Gasteiger partial charge in [-0.1, -0.05) is 23.2 Å². The molecular formula is C12H13Cl3O5S. The molecule has 0 heterocycles. The molecule has 1 aromatic carbocycles. The predicted octanol–water partition coefficient (Wildman–Crippen LogP) is 3.50. The Morgan fingerprint density at radius 2 is 1.86 bits per heavy atom. The molecule has 0 aromatic heterocycles. The van der Waals surface area contributed by atoms with Gasteiger partial charge in [-0.15, -0.1) is 0 Å². The van der Waals surface area contributed by atoms with Crippen molar-refractivity contribution >= 4 is 48.9 Å². The average Bonchev–Trinajstić information content (AvgIpc) is 2.32. The number of hydrogen-bond donors (Lipinski definition) is 0. The number of benzene rings is 1. The SMILES string of the molecule is CC(C)OCCOC(=O)c1c(Cl)ccc(S(=O)(=O)Cl)c1Cl. The van der Waals surface area contributed by atoms with E-state index < -0.39 is 19.9 Å². The van der Waals surface area contributed by atoms with E-state index in [4.69, 9.17) is 43.4 Å². The summed E-state index contributed by atoms with van der Waals surface area (Å²) >= 11 is 11.7. The van der Waals surface area contributed by atoms with E-state index in [0.717, 1.165) is 6.07 Å². The van der Waals surface area contributed by atoms with E-state index in [1.165, 1.54) is 6.07 Å². The smallest absolute Gasteiger partial charge is 0.341 e. The van der Waals surface area contributed by atoms with Gasteiger partial charge in [0, 0.05) is 10.7 Å². The maximum atomic E-state index is 11.9. The molecule has 0 spiro atoms. The van der Waals surface area contributed by atoms with Crippen molar-refractivity contribution in [3.63, 3.8) is 0 Å². The highest BCUT2D eigenvalue weighted by atomic mass is 35.7. The number of carbonyl (C=O) groups is 1. The average molecular weight is 376 g/mol. The minimum Gasteiger partial charge on any atom is -0.460 e. The molecule has 118 valence electrons. The fraction of sp³-hybridized carbons (Fsp3) is 0.417. The highest BCUT2D eigenvalue weighted by Gasteiger charge is 2.24. The molecule has 1 rings (SSSR count). The first-order chi connectivity index (χ1) is 9.64. The lowest BCUT2D eigenvalue weighted by Gasteiger charge is -2.11. The zero-order valence-electron chi connectivity index (χ0n) is 11.2. The number of rotatable bonds is 6. The van der Waals surface area contributed by atoms with Gasteiger partial charge in [-0.25, -0.2) is 13.2 Å². The third kappa shape index (κ3) is 5.30. The molecule has 0 atom stereocenters. The summed E-state index contributed by atoms with van der Waals surface area (Å²) in [6.07, 6.45) is 0.000553. The first-order valence-electron chi connectivity index (χ1n) is 5.86. The second kappa shape index (κ2) is 7.65. The summed E-state index contributed by atoms with van der Waals surface area (Å²) in [4.78, 5) is 11.5. The summed E-state index contributed by atoms with van der Waals surface area (Å²) in [7, 11) is 1.13. The monoisotopic (exact) mass is 374 g/mol. The van der Waals surface area contributed by atoms with Crippen molar-refractivity contribution in [1.82, 2.24) is 0 Å². The largest absolute Gasteiger partial charge is 0.460 e. The summed E-state index contributed by atoms with van der Waals surface area (Å²) < 4.78 is 32.8. The van der Waals surface area contributed by atoms with Crippen molar-refractivity contribution in [2.45, 2.75) is 24.8 Å². The van der Waals surface area contributed by atoms with Gasteiger partial charge in [0.05, 0.1) is 28.3 Å². The van der Waals surface area contributed by atoms with Gasteiger partial charge in [0.2, 0.25) is 0 Å². The van der Waals surface area contributed by atoms with Crippen molar-refractivity contribution in [3.05, 3.63) is 27.7 Å². The Bertz CT molecular complexity index is 628. The molecule has 0 fully saturated rings. The van der Waals surface area contributed by atoms with Crippen LogP contribution >= 0.6 is 33.9 Å². The van der Waals surface area contributed by atoms with E-state index in [2.05, 4.69) is 0 Å². The molecule has 0 aliphatic carbocycles. The van der Waals surface area contributed by atoms with Gasteiger partial charge in [-0.05, 0) is 26.0 Å². The Kier molecular flexibility index (Phi) is 6.74. The second-order valence-corrected chi connectivity index (χ2v) is 7.55. The third-order valence-corrected chi connectivity index (χ3v) is 4.47. The van der Waals surface area contributed by atoms with E-state index >= 15 is 0 Å². The van der Waals surface area contributed by atoms with Crippen LogP contribution in [0.3, 0.4) is 0 Å². The molecule has 0 N–H and O–H groups in total. The summed E-state index contributed by atoms with van der Waals surface area (Å²) in [6, 6.07) is 2.33. The van der Waals surface area contributed by atoms with Crippen molar-refractivity contribution in [2.75, 3.05) is 13.2 Å². The minimum absolute atomic E-state index is 0.000553. The van der Waals surface area contributed by atoms with Crippen molar-refractivity contribution in [2.24, 2.45) is 0 Å².